The van der Waals surface area contributed by atoms with E-state index in [9.17, 15) is 4.79 Å². The van der Waals surface area contributed by atoms with Gasteiger partial charge in [0.25, 0.3) is 0 Å². The zero-order valence-electron chi connectivity index (χ0n) is 18.7. The molecule has 0 radical (unpaired) electrons. The van der Waals surface area contributed by atoms with E-state index in [1.165, 1.54) is 10.4 Å². The highest BCUT2D eigenvalue weighted by molar-refractivity contribution is 14.0. The molecule has 0 unspecified atom stereocenters. The van der Waals surface area contributed by atoms with Crippen LogP contribution in [0, 0.1) is 0 Å². The fourth-order valence-electron chi connectivity index (χ4n) is 4.18. The Morgan fingerprint density at radius 3 is 2.66 bits per heavy atom. The van der Waals surface area contributed by atoms with Crippen LogP contribution in [-0.4, -0.2) is 74.6 Å². The smallest absolute Gasteiger partial charge is 0.244 e. The van der Waals surface area contributed by atoms with Gasteiger partial charge in [-0.05, 0) is 42.5 Å². The number of hydrogen-bond acceptors (Lipinski definition) is 5. The van der Waals surface area contributed by atoms with Crippen LogP contribution in [-0.2, 0) is 17.8 Å². The van der Waals surface area contributed by atoms with Gasteiger partial charge in [-0.25, -0.2) is 4.99 Å². The fourth-order valence-corrected chi connectivity index (χ4v) is 5.07. The number of carbonyl (C=O) groups excluding carboxylic acids is 1. The van der Waals surface area contributed by atoms with Crippen molar-refractivity contribution in [3.63, 3.8) is 0 Å². The van der Waals surface area contributed by atoms with Crippen LogP contribution < -0.4 is 15.0 Å². The van der Waals surface area contributed by atoms with Gasteiger partial charge < -0.3 is 24.8 Å². The number of benzene rings is 1. The summed E-state index contributed by atoms with van der Waals surface area (Å²) >= 11 is 1.79. The van der Waals surface area contributed by atoms with Crippen molar-refractivity contribution in [1.82, 2.24) is 15.1 Å². The number of guanidine groups is 1. The molecule has 1 saturated heterocycles. The molecule has 32 heavy (non-hydrogen) atoms. The highest BCUT2D eigenvalue weighted by atomic mass is 127. The van der Waals surface area contributed by atoms with Crippen LogP contribution in [0.1, 0.15) is 17.4 Å². The second kappa shape index (κ2) is 11.7. The van der Waals surface area contributed by atoms with Crippen molar-refractivity contribution in [3.05, 3.63) is 46.2 Å². The van der Waals surface area contributed by atoms with E-state index >= 15 is 0 Å². The molecule has 0 aliphatic carbocycles. The highest BCUT2D eigenvalue weighted by Gasteiger charge is 2.24. The van der Waals surface area contributed by atoms with Crippen LogP contribution in [0.5, 0.6) is 5.75 Å². The third-order valence-electron chi connectivity index (χ3n) is 5.86. The van der Waals surface area contributed by atoms with Crippen LogP contribution >= 0.6 is 35.3 Å². The Hall–Kier alpha value is -2.01. The number of nitrogens with zero attached hydrogens (tertiary/aromatic N) is 4. The minimum absolute atomic E-state index is 0. The molecule has 2 aliphatic rings. The van der Waals surface area contributed by atoms with Crippen molar-refractivity contribution in [2.75, 3.05) is 57.8 Å². The second-order valence-corrected chi connectivity index (χ2v) is 8.75. The third kappa shape index (κ3) is 5.67. The number of rotatable bonds is 5. The predicted molar refractivity (Wildman–Crippen MR) is 142 cm³/mol. The molecule has 2 aliphatic heterocycles. The van der Waals surface area contributed by atoms with Crippen molar-refractivity contribution in [1.29, 1.82) is 0 Å². The molecule has 2 aromatic rings. The number of ether oxygens (including phenoxy) is 1. The van der Waals surface area contributed by atoms with E-state index in [1.807, 2.05) is 23.1 Å². The molecule has 9 heteroatoms. The van der Waals surface area contributed by atoms with Crippen molar-refractivity contribution >= 4 is 52.9 Å². The standard InChI is InChI=1S/C23H31N5O2S.HI/c1-3-24-23(25-16-22(29)28-10-8-21-18(17-28)9-15-31-21)27-13-11-26(12-14-27)19-6-4-5-7-20(19)30-2;/h4-7,9,15H,3,8,10-14,16-17H2,1-2H3,(H,24,25);1H. The first-order valence-electron chi connectivity index (χ1n) is 10.9. The minimum Gasteiger partial charge on any atom is -0.495 e. The summed E-state index contributed by atoms with van der Waals surface area (Å²) in [5.74, 6) is 1.82. The number of halogens is 1. The van der Waals surface area contributed by atoms with Crippen LogP contribution in [0.25, 0.3) is 0 Å². The molecule has 1 aromatic carbocycles. The third-order valence-corrected chi connectivity index (χ3v) is 6.89. The topological polar surface area (TPSA) is 60.4 Å². The van der Waals surface area contributed by atoms with Gasteiger partial charge in [0.15, 0.2) is 5.96 Å². The second-order valence-electron chi connectivity index (χ2n) is 7.75. The molecular formula is C23H32IN5O2S. The molecule has 1 amide bonds. The molecule has 1 aromatic heterocycles. The number of hydrogen-bond donors (Lipinski definition) is 1. The molecule has 3 heterocycles. The van der Waals surface area contributed by atoms with E-state index in [4.69, 9.17) is 4.74 Å². The molecule has 174 valence electrons. The average molecular weight is 570 g/mol. The molecule has 0 bridgehead atoms. The summed E-state index contributed by atoms with van der Waals surface area (Å²) in [6.07, 6.45) is 0.952. The van der Waals surface area contributed by atoms with Gasteiger partial charge in [0.1, 0.15) is 12.3 Å². The van der Waals surface area contributed by atoms with E-state index in [0.29, 0.717) is 6.54 Å². The first-order chi connectivity index (χ1) is 15.2. The lowest BCUT2D eigenvalue weighted by molar-refractivity contribution is -0.130. The van der Waals surface area contributed by atoms with Crippen LogP contribution in [0.3, 0.4) is 0 Å². The quantitative estimate of drug-likeness (QED) is 0.341. The van der Waals surface area contributed by atoms with Crippen molar-refractivity contribution in [2.24, 2.45) is 4.99 Å². The maximum atomic E-state index is 12.8. The van der Waals surface area contributed by atoms with E-state index in [-0.39, 0.29) is 36.4 Å². The van der Waals surface area contributed by atoms with E-state index < -0.39 is 0 Å². The van der Waals surface area contributed by atoms with Gasteiger partial charge in [-0.3, -0.25) is 4.79 Å². The molecule has 7 nitrogen and oxygen atoms in total. The lowest BCUT2D eigenvalue weighted by Gasteiger charge is -2.38. The zero-order chi connectivity index (χ0) is 21.6. The lowest BCUT2D eigenvalue weighted by Crippen LogP contribution is -2.53. The van der Waals surface area contributed by atoms with Gasteiger partial charge in [0.2, 0.25) is 5.91 Å². The van der Waals surface area contributed by atoms with Gasteiger partial charge >= 0.3 is 0 Å². The van der Waals surface area contributed by atoms with Gasteiger partial charge in [-0.15, -0.1) is 35.3 Å². The highest BCUT2D eigenvalue weighted by Crippen LogP contribution is 2.28. The number of thiophene rings is 1. The molecule has 1 fully saturated rings. The molecule has 0 saturated carbocycles. The Kier molecular flexibility index (Phi) is 9.03. The predicted octanol–water partition coefficient (Wildman–Crippen LogP) is 3.05. The summed E-state index contributed by atoms with van der Waals surface area (Å²) in [6.45, 7) is 7.98. The number of amides is 1. The van der Waals surface area contributed by atoms with Gasteiger partial charge in [0.05, 0.1) is 12.8 Å². The number of nitrogens with one attached hydrogen (secondary N) is 1. The number of carbonyl (C=O) groups is 1. The molecular weight excluding hydrogens is 537 g/mol. The average Bonchev–Trinajstić information content (AvgIpc) is 3.29. The Bertz CT molecular complexity index is 927. The maximum Gasteiger partial charge on any atom is 0.244 e. The lowest BCUT2D eigenvalue weighted by atomic mass is 10.1. The van der Waals surface area contributed by atoms with Crippen LogP contribution in [0.2, 0.25) is 0 Å². The first kappa shape index (κ1) is 24.6. The summed E-state index contributed by atoms with van der Waals surface area (Å²) in [5.41, 5.74) is 2.41. The normalized spacial score (nSPS) is 16.3. The van der Waals surface area contributed by atoms with Crippen LogP contribution in [0.15, 0.2) is 40.7 Å². The van der Waals surface area contributed by atoms with E-state index in [1.54, 1.807) is 18.4 Å². The molecule has 1 N–H and O–H groups in total. The molecule has 0 spiro atoms. The minimum atomic E-state index is 0. The summed E-state index contributed by atoms with van der Waals surface area (Å²) in [7, 11) is 1.71. The number of fused-ring (bicyclic) bond motifs is 1. The number of aliphatic imine (C=N–C) groups is 1. The van der Waals surface area contributed by atoms with Gasteiger partial charge in [-0.2, -0.15) is 0 Å². The Morgan fingerprint density at radius 1 is 1.12 bits per heavy atom. The summed E-state index contributed by atoms with van der Waals surface area (Å²) < 4.78 is 5.52. The fraction of sp³-hybridized carbons (Fsp3) is 0.478. The summed E-state index contributed by atoms with van der Waals surface area (Å²) in [4.78, 5) is 25.4. The van der Waals surface area contributed by atoms with Crippen molar-refractivity contribution in [2.45, 2.75) is 19.9 Å². The maximum absolute atomic E-state index is 12.8. The monoisotopic (exact) mass is 569 g/mol. The Morgan fingerprint density at radius 2 is 1.91 bits per heavy atom. The molecule has 0 atom stereocenters. The summed E-state index contributed by atoms with van der Waals surface area (Å²) in [5, 5.41) is 5.48. The SMILES string of the molecule is CCNC(=NCC(=O)N1CCc2sccc2C1)N1CCN(c2ccccc2OC)CC1.I. The van der Waals surface area contributed by atoms with Crippen LogP contribution in [0.4, 0.5) is 5.69 Å². The Balaban J connectivity index is 0.00000289. The van der Waals surface area contributed by atoms with Gasteiger partial charge in [0, 0.05) is 50.7 Å². The largest absolute Gasteiger partial charge is 0.495 e. The zero-order valence-corrected chi connectivity index (χ0v) is 21.9. The van der Waals surface area contributed by atoms with E-state index in [0.717, 1.165) is 63.1 Å². The number of methoxy groups -OCH3 is 1. The van der Waals surface area contributed by atoms with Crippen molar-refractivity contribution < 1.29 is 9.53 Å². The number of anilines is 1. The van der Waals surface area contributed by atoms with Crippen molar-refractivity contribution in [3.8, 4) is 5.75 Å². The molecule has 4 rings (SSSR count). The van der Waals surface area contributed by atoms with E-state index in [2.05, 4.69) is 44.5 Å². The van der Waals surface area contributed by atoms with Gasteiger partial charge in [-0.1, -0.05) is 12.1 Å². The first-order valence-corrected chi connectivity index (χ1v) is 11.8. The Labute approximate surface area is 211 Å². The number of para-hydroxylation sites is 2. The number of piperazine rings is 1. The summed E-state index contributed by atoms with van der Waals surface area (Å²) in [6, 6.07) is 10.3.